The van der Waals surface area contributed by atoms with Crippen molar-refractivity contribution < 1.29 is 23.5 Å². The van der Waals surface area contributed by atoms with Gasteiger partial charge in [-0.25, -0.2) is 18.9 Å². The molecule has 0 atom stereocenters. The van der Waals surface area contributed by atoms with Crippen LogP contribution in [-0.4, -0.2) is 46.0 Å². The highest BCUT2D eigenvalue weighted by Crippen LogP contribution is 2.35. The van der Waals surface area contributed by atoms with Crippen LogP contribution in [0.1, 0.15) is 44.9 Å². The van der Waals surface area contributed by atoms with Crippen molar-refractivity contribution in [2.75, 3.05) is 25.9 Å². The highest BCUT2D eigenvalue weighted by Gasteiger charge is 2.29. The van der Waals surface area contributed by atoms with Gasteiger partial charge in [-0.1, -0.05) is 12.1 Å². The molecule has 1 saturated heterocycles. The largest absolute Gasteiger partial charge is 0.497 e. The van der Waals surface area contributed by atoms with Crippen molar-refractivity contribution in [3.8, 4) is 17.2 Å². The van der Waals surface area contributed by atoms with Crippen LogP contribution >= 0.6 is 0 Å². The minimum Gasteiger partial charge on any atom is -0.497 e. The summed E-state index contributed by atoms with van der Waals surface area (Å²) in [5, 5.41) is 7.49. The Morgan fingerprint density at radius 3 is 2.46 bits per heavy atom. The molecule has 1 aliphatic rings. The second-order valence-electron chi connectivity index (χ2n) is 11.5. The molecule has 10 heteroatoms. The number of benzene rings is 2. The number of ether oxygens (including phenoxy) is 2. The summed E-state index contributed by atoms with van der Waals surface area (Å²) in [6.45, 7) is 7.33. The van der Waals surface area contributed by atoms with Crippen molar-refractivity contribution in [1.29, 1.82) is 0 Å². The number of carbonyl (C=O) groups excluding carboxylic acids is 1. The van der Waals surface area contributed by atoms with Crippen LogP contribution in [0.25, 0.3) is 11.0 Å². The molecular formula is C31H36FN5O4. The molecule has 2 aromatic heterocycles. The predicted octanol–water partition coefficient (Wildman–Crippen LogP) is 5.76. The lowest BCUT2D eigenvalue weighted by Gasteiger charge is -2.32. The summed E-state index contributed by atoms with van der Waals surface area (Å²) in [6, 6.07) is 13.9. The number of nitrogens with zero attached hydrogens (tertiary/aromatic N) is 4. The number of hydroxylamine groups is 2. The molecule has 216 valence electrons. The summed E-state index contributed by atoms with van der Waals surface area (Å²) in [5.41, 5.74) is 8.02. The van der Waals surface area contributed by atoms with E-state index in [0.29, 0.717) is 49.1 Å². The van der Waals surface area contributed by atoms with E-state index in [1.165, 1.54) is 12.1 Å². The fourth-order valence-electron chi connectivity index (χ4n) is 4.84. The van der Waals surface area contributed by atoms with Crippen molar-refractivity contribution >= 4 is 22.7 Å². The smallest absolute Gasteiger partial charge is 0.330 e. The number of fused-ring (bicyclic) bond motifs is 1. The topological polar surface area (TPSA) is 105 Å². The van der Waals surface area contributed by atoms with Crippen LogP contribution < -0.4 is 15.2 Å². The molecule has 9 nitrogen and oxygen atoms in total. The number of hydrogen-bond donors (Lipinski definition) is 1. The van der Waals surface area contributed by atoms with E-state index >= 15 is 0 Å². The van der Waals surface area contributed by atoms with E-state index in [-0.39, 0.29) is 11.7 Å². The number of pyridine rings is 1. The normalized spacial score (nSPS) is 14.8. The lowest BCUT2D eigenvalue weighted by Crippen LogP contribution is -2.39. The Balaban J connectivity index is 1.42. The highest BCUT2D eigenvalue weighted by atomic mass is 19.1. The van der Waals surface area contributed by atoms with Gasteiger partial charge in [0.2, 0.25) is 0 Å². The minimum atomic E-state index is -0.556. The van der Waals surface area contributed by atoms with Crippen LogP contribution in [0.15, 0.2) is 54.7 Å². The van der Waals surface area contributed by atoms with Gasteiger partial charge in [0.15, 0.2) is 17.2 Å². The van der Waals surface area contributed by atoms with Gasteiger partial charge < -0.3 is 20.0 Å². The molecule has 0 aliphatic carbocycles. The van der Waals surface area contributed by atoms with Crippen molar-refractivity contribution in [2.24, 2.45) is 11.3 Å². The summed E-state index contributed by atoms with van der Waals surface area (Å²) in [7, 11) is 1.64. The van der Waals surface area contributed by atoms with E-state index < -0.39 is 11.2 Å². The van der Waals surface area contributed by atoms with Crippen molar-refractivity contribution in [3.05, 3.63) is 71.8 Å². The molecule has 2 aromatic carbocycles. The SMILES string of the molecule is COc1ccc(Cn2nc(CC3CCN(OC(=O)C(C)(C)C)CC3)c3c(Oc4ccc(N)cc4F)ccnc32)cc1. The number of hydrogen-bond acceptors (Lipinski definition) is 8. The number of nitrogen functional groups attached to an aromatic ring is 1. The van der Waals surface area contributed by atoms with Crippen LogP contribution in [0.4, 0.5) is 10.1 Å². The summed E-state index contributed by atoms with van der Waals surface area (Å²) >= 11 is 0. The summed E-state index contributed by atoms with van der Waals surface area (Å²) in [5.74, 6) is 0.870. The van der Waals surface area contributed by atoms with Gasteiger partial charge in [-0.15, -0.1) is 5.06 Å². The number of piperidine rings is 1. The highest BCUT2D eigenvalue weighted by molar-refractivity contribution is 5.85. The zero-order valence-electron chi connectivity index (χ0n) is 23.9. The standard InChI is InChI=1S/C31H36FN5O4/c1-31(2,3)30(38)41-36-15-12-20(13-16-36)17-25-28-27(40-26-10-7-22(33)18-24(26)32)11-14-34-29(28)37(35-25)19-21-5-8-23(39-4)9-6-21/h5-11,14,18,20H,12-13,15-17,19,33H2,1-4H3. The maximum atomic E-state index is 14.7. The minimum absolute atomic E-state index is 0.0783. The predicted molar refractivity (Wildman–Crippen MR) is 154 cm³/mol. The third-order valence-electron chi connectivity index (χ3n) is 7.21. The van der Waals surface area contributed by atoms with Crippen molar-refractivity contribution in [1.82, 2.24) is 19.8 Å². The van der Waals surface area contributed by atoms with Gasteiger partial charge in [0.1, 0.15) is 11.5 Å². The molecule has 5 rings (SSSR count). The zero-order valence-corrected chi connectivity index (χ0v) is 23.9. The maximum absolute atomic E-state index is 14.7. The second kappa shape index (κ2) is 11.7. The summed E-state index contributed by atoms with van der Waals surface area (Å²) < 4.78 is 27.9. The number of methoxy groups -OCH3 is 1. The van der Waals surface area contributed by atoms with Crippen LogP contribution in [0.3, 0.4) is 0 Å². The van der Waals surface area contributed by atoms with Gasteiger partial charge in [0.25, 0.3) is 0 Å². The van der Waals surface area contributed by atoms with Gasteiger partial charge in [0.05, 0.1) is 30.1 Å². The van der Waals surface area contributed by atoms with Gasteiger partial charge in [0, 0.05) is 31.0 Å². The molecule has 0 amide bonds. The van der Waals surface area contributed by atoms with E-state index in [1.807, 2.05) is 49.7 Å². The van der Waals surface area contributed by atoms with Crippen molar-refractivity contribution in [2.45, 2.75) is 46.6 Å². The maximum Gasteiger partial charge on any atom is 0.330 e. The lowest BCUT2D eigenvalue weighted by atomic mass is 9.92. The number of rotatable bonds is 8. The van der Waals surface area contributed by atoms with E-state index in [9.17, 15) is 9.18 Å². The average Bonchev–Trinajstić information content (AvgIpc) is 3.28. The Hall–Kier alpha value is -4.18. The van der Waals surface area contributed by atoms with E-state index in [0.717, 1.165) is 35.2 Å². The first-order valence-electron chi connectivity index (χ1n) is 13.8. The molecule has 0 spiro atoms. The van der Waals surface area contributed by atoms with Crippen LogP contribution in [0.2, 0.25) is 0 Å². The first-order chi connectivity index (χ1) is 19.6. The fraction of sp³-hybridized carbons (Fsp3) is 0.387. The molecule has 0 radical (unpaired) electrons. The Morgan fingerprint density at radius 1 is 1.07 bits per heavy atom. The number of anilines is 1. The van der Waals surface area contributed by atoms with Gasteiger partial charge in [-0.3, -0.25) is 0 Å². The molecule has 0 unspecified atom stereocenters. The van der Waals surface area contributed by atoms with Crippen LogP contribution in [-0.2, 0) is 22.6 Å². The molecule has 4 aromatic rings. The van der Waals surface area contributed by atoms with Crippen molar-refractivity contribution in [3.63, 3.8) is 0 Å². The Morgan fingerprint density at radius 2 is 1.80 bits per heavy atom. The third-order valence-corrected chi connectivity index (χ3v) is 7.21. The number of carbonyl (C=O) groups is 1. The summed E-state index contributed by atoms with van der Waals surface area (Å²) in [6.07, 6.45) is 4.00. The molecule has 1 aliphatic heterocycles. The Kier molecular flexibility index (Phi) is 8.12. The van der Waals surface area contributed by atoms with Gasteiger partial charge in [-0.05, 0) is 81.8 Å². The summed E-state index contributed by atoms with van der Waals surface area (Å²) in [4.78, 5) is 22.6. The van der Waals surface area contributed by atoms with E-state index in [4.69, 9.17) is 25.1 Å². The van der Waals surface area contributed by atoms with E-state index in [1.54, 1.807) is 30.5 Å². The third kappa shape index (κ3) is 6.59. The number of nitrogens with two attached hydrogens (primary N) is 1. The van der Waals surface area contributed by atoms with Gasteiger partial charge >= 0.3 is 5.97 Å². The van der Waals surface area contributed by atoms with E-state index in [2.05, 4.69) is 4.98 Å². The first-order valence-corrected chi connectivity index (χ1v) is 13.8. The average molecular weight is 562 g/mol. The Bertz CT molecular complexity index is 1520. The quantitative estimate of drug-likeness (QED) is 0.271. The first kappa shape index (κ1) is 28.4. The molecule has 1 fully saturated rings. The molecule has 3 heterocycles. The fourth-order valence-corrected chi connectivity index (χ4v) is 4.84. The molecule has 0 bridgehead atoms. The van der Waals surface area contributed by atoms with Gasteiger partial charge in [-0.2, -0.15) is 5.10 Å². The second-order valence-corrected chi connectivity index (χ2v) is 11.5. The number of aromatic nitrogens is 3. The molecule has 2 N–H and O–H groups in total. The number of halogens is 1. The molecule has 41 heavy (non-hydrogen) atoms. The Labute approximate surface area is 239 Å². The van der Waals surface area contributed by atoms with Crippen LogP contribution in [0, 0.1) is 17.2 Å². The molecular weight excluding hydrogens is 525 g/mol. The lowest BCUT2D eigenvalue weighted by molar-refractivity contribution is -0.206. The zero-order chi connectivity index (χ0) is 29.1. The monoisotopic (exact) mass is 561 g/mol. The van der Waals surface area contributed by atoms with Crippen LogP contribution in [0.5, 0.6) is 17.2 Å². The molecule has 0 saturated carbocycles.